The van der Waals surface area contributed by atoms with Crippen molar-refractivity contribution in [3.63, 3.8) is 0 Å². The molecule has 0 unspecified atom stereocenters. The molecule has 0 saturated heterocycles. The maximum Gasteiger partial charge on any atom is 0.330 e. The molecular weight excluding hydrogens is 490 g/mol. The fourth-order valence-corrected chi connectivity index (χ4v) is 4.96. The second-order valence-electron chi connectivity index (χ2n) is 9.99. The number of carboxylic acid groups (broad SMARTS) is 1. The Morgan fingerprint density at radius 2 is 1.49 bits per heavy atom. The molecule has 0 spiro atoms. The lowest BCUT2D eigenvalue weighted by molar-refractivity contribution is -0.144. The highest BCUT2D eigenvalue weighted by atomic mass is 16.5. The van der Waals surface area contributed by atoms with E-state index in [4.69, 9.17) is 9.47 Å². The predicted octanol–water partition coefficient (Wildman–Crippen LogP) is 5.55. The lowest BCUT2D eigenvalue weighted by Crippen LogP contribution is -2.55. The molecule has 0 aromatic heterocycles. The summed E-state index contributed by atoms with van der Waals surface area (Å²) >= 11 is 0. The van der Waals surface area contributed by atoms with Crippen LogP contribution in [0, 0.1) is 6.92 Å². The van der Waals surface area contributed by atoms with Gasteiger partial charge < -0.3 is 19.9 Å². The van der Waals surface area contributed by atoms with Crippen molar-refractivity contribution in [2.45, 2.75) is 38.3 Å². The maximum atomic E-state index is 13.4. The standard InChI is InChI=1S/C33H31NO5/c1-23-8-7-11-24(18-23)16-17-38-30-19-26(14-15-29(30)39-22-25-9-3-2-4-10-25)31(35)34-33(32(36)37)20-27-12-5-6-13-28(27)21-33/h2-15,18-19H,16-17,20-22H2,1H3,(H,34,35)(H,36,37). The first-order valence-corrected chi connectivity index (χ1v) is 13.0. The van der Waals surface area contributed by atoms with Crippen LogP contribution in [0.2, 0.25) is 0 Å². The Balaban J connectivity index is 1.35. The van der Waals surface area contributed by atoms with Gasteiger partial charge >= 0.3 is 5.97 Å². The maximum absolute atomic E-state index is 13.4. The van der Waals surface area contributed by atoms with Gasteiger partial charge in [-0.3, -0.25) is 4.79 Å². The fourth-order valence-electron chi connectivity index (χ4n) is 4.96. The van der Waals surface area contributed by atoms with Crippen molar-refractivity contribution in [2.24, 2.45) is 0 Å². The molecule has 2 N–H and O–H groups in total. The predicted molar refractivity (Wildman–Crippen MR) is 149 cm³/mol. The summed E-state index contributed by atoms with van der Waals surface area (Å²) in [4.78, 5) is 25.7. The molecule has 0 atom stereocenters. The number of hydrogen-bond acceptors (Lipinski definition) is 4. The molecule has 0 bridgehead atoms. The number of carbonyl (C=O) groups is 2. The van der Waals surface area contributed by atoms with Crippen LogP contribution in [0.3, 0.4) is 0 Å². The summed E-state index contributed by atoms with van der Waals surface area (Å²) < 4.78 is 12.2. The Bertz CT molecular complexity index is 1460. The monoisotopic (exact) mass is 521 g/mol. The quantitative estimate of drug-likeness (QED) is 0.286. The minimum absolute atomic E-state index is 0.238. The normalized spacial score (nSPS) is 13.4. The molecule has 0 fully saturated rings. The van der Waals surface area contributed by atoms with Crippen LogP contribution in [0.15, 0.2) is 97.1 Å². The molecule has 6 heteroatoms. The Morgan fingerprint density at radius 1 is 0.795 bits per heavy atom. The van der Waals surface area contributed by atoms with Gasteiger partial charge in [0, 0.05) is 24.8 Å². The van der Waals surface area contributed by atoms with Crippen molar-refractivity contribution in [3.8, 4) is 11.5 Å². The topological polar surface area (TPSA) is 84.9 Å². The summed E-state index contributed by atoms with van der Waals surface area (Å²) in [6.45, 7) is 2.79. The van der Waals surface area contributed by atoms with Gasteiger partial charge in [-0.1, -0.05) is 84.4 Å². The van der Waals surface area contributed by atoms with Crippen LogP contribution in [0.5, 0.6) is 11.5 Å². The van der Waals surface area contributed by atoms with Gasteiger partial charge in [0.15, 0.2) is 11.5 Å². The van der Waals surface area contributed by atoms with Gasteiger partial charge in [0.1, 0.15) is 12.1 Å². The van der Waals surface area contributed by atoms with Gasteiger partial charge in [-0.25, -0.2) is 4.79 Å². The van der Waals surface area contributed by atoms with Gasteiger partial charge in [0.05, 0.1) is 6.61 Å². The van der Waals surface area contributed by atoms with Crippen LogP contribution in [0.25, 0.3) is 0 Å². The molecule has 1 amide bonds. The number of amides is 1. The minimum Gasteiger partial charge on any atom is -0.489 e. The van der Waals surface area contributed by atoms with Crippen molar-refractivity contribution < 1.29 is 24.2 Å². The Labute approximate surface area is 228 Å². The third-order valence-electron chi connectivity index (χ3n) is 7.04. The zero-order valence-corrected chi connectivity index (χ0v) is 21.9. The van der Waals surface area contributed by atoms with E-state index in [1.807, 2.05) is 60.7 Å². The molecule has 198 valence electrons. The highest BCUT2D eigenvalue weighted by Gasteiger charge is 2.45. The molecule has 1 aliphatic rings. The van der Waals surface area contributed by atoms with Crippen LogP contribution >= 0.6 is 0 Å². The number of fused-ring (bicyclic) bond motifs is 1. The average molecular weight is 522 g/mol. The molecule has 0 saturated carbocycles. The number of benzene rings is 4. The molecule has 4 aromatic carbocycles. The first-order chi connectivity index (χ1) is 18.9. The molecule has 0 aliphatic heterocycles. The third kappa shape index (κ3) is 6.12. The second-order valence-corrected chi connectivity index (χ2v) is 9.99. The molecule has 0 radical (unpaired) electrons. The number of rotatable bonds is 10. The lowest BCUT2D eigenvalue weighted by atomic mass is 9.95. The molecule has 4 aromatic rings. The number of aryl methyl sites for hydroxylation is 1. The van der Waals surface area contributed by atoms with Crippen molar-refractivity contribution in [1.29, 1.82) is 0 Å². The third-order valence-corrected chi connectivity index (χ3v) is 7.04. The van der Waals surface area contributed by atoms with Crippen molar-refractivity contribution in [2.75, 3.05) is 6.61 Å². The smallest absolute Gasteiger partial charge is 0.330 e. The van der Waals surface area contributed by atoms with E-state index in [9.17, 15) is 14.7 Å². The van der Waals surface area contributed by atoms with Gasteiger partial charge in [0.2, 0.25) is 0 Å². The molecule has 6 nitrogen and oxygen atoms in total. The van der Waals surface area contributed by atoms with Gasteiger partial charge in [-0.05, 0) is 47.4 Å². The first kappa shape index (κ1) is 26.0. The summed E-state index contributed by atoms with van der Waals surface area (Å²) in [5, 5.41) is 12.9. The van der Waals surface area contributed by atoms with E-state index in [-0.39, 0.29) is 12.8 Å². The summed E-state index contributed by atoms with van der Waals surface area (Å²) in [7, 11) is 0. The summed E-state index contributed by atoms with van der Waals surface area (Å²) in [5.41, 5.74) is 4.13. The van der Waals surface area contributed by atoms with Crippen LogP contribution in [-0.4, -0.2) is 29.1 Å². The van der Waals surface area contributed by atoms with Crippen LogP contribution < -0.4 is 14.8 Å². The number of ether oxygens (including phenoxy) is 2. The number of carbonyl (C=O) groups excluding carboxylic acids is 1. The SMILES string of the molecule is Cc1cccc(CCOc2cc(C(=O)NC3(C(=O)O)Cc4ccccc4C3)ccc2OCc2ccccc2)c1. The number of carboxylic acids is 1. The fraction of sp³-hybridized carbons (Fsp3) is 0.212. The van der Waals surface area contributed by atoms with E-state index in [1.165, 1.54) is 5.56 Å². The number of hydrogen-bond donors (Lipinski definition) is 2. The average Bonchev–Trinajstić information content (AvgIpc) is 3.32. The second kappa shape index (κ2) is 11.4. The molecule has 1 aliphatic carbocycles. The van der Waals surface area contributed by atoms with E-state index in [0.29, 0.717) is 36.7 Å². The Morgan fingerprint density at radius 3 is 2.18 bits per heavy atom. The van der Waals surface area contributed by atoms with Gasteiger partial charge in [-0.2, -0.15) is 0 Å². The Kier molecular flexibility index (Phi) is 7.64. The summed E-state index contributed by atoms with van der Waals surface area (Å²) in [5.74, 6) is -0.570. The van der Waals surface area contributed by atoms with Crippen LogP contribution in [0.4, 0.5) is 0 Å². The van der Waals surface area contributed by atoms with Gasteiger partial charge in [-0.15, -0.1) is 0 Å². The molecule has 39 heavy (non-hydrogen) atoms. The summed E-state index contributed by atoms with van der Waals surface area (Å²) in [6.07, 6.45) is 1.17. The van der Waals surface area contributed by atoms with Crippen LogP contribution in [0.1, 0.15) is 38.2 Å². The van der Waals surface area contributed by atoms with Gasteiger partial charge in [0.25, 0.3) is 5.91 Å². The zero-order valence-electron chi connectivity index (χ0n) is 21.9. The minimum atomic E-state index is -1.39. The molecule has 0 heterocycles. The summed E-state index contributed by atoms with van der Waals surface area (Å²) in [6, 6.07) is 30.6. The largest absolute Gasteiger partial charge is 0.489 e. The van der Waals surface area contributed by atoms with Crippen molar-refractivity contribution in [3.05, 3.63) is 130 Å². The lowest BCUT2D eigenvalue weighted by Gasteiger charge is -2.25. The Hall–Kier alpha value is -4.58. The molecule has 5 rings (SSSR count). The highest BCUT2D eigenvalue weighted by Crippen LogP contribution is 2.33. The highest BCUT2D eigenvalue weighted by molar-refractivity contribution is 5.99. The van der Waals surface area contributed by atoms with E-state index in [0.717, 1.165) is 22.3 Å². The van der Waals surface area contributed by atoms with E-state index in [1.54, 1.807) is 18.2 Å². The molecular formula is C33H31NO5. The first-order valence-electron chi connectivity index (χ1n) is 13.0. The van der Waals surface area contributed by atoms with E-state index in [2.05, 4.69) is 30.4 Å². The van der Waals surface area contributed by atoms with Crippen molar-refractivity contribution >= 4 is 11.9 Å². The van der Waals surface area contributed by atoms with Crippen LogP contribution in [-0.2, 0) is 30.7 Å². The van der Waals surface area contributed by atoms with E-state index >= 15 is 0 Å². The van der Waals surface area contributed by atoms with E-state index < -0.39 is 17.4 Å². The van der Waals surface area contributed by atoms with Crippen molar-refractivity contribution in [1.82, 2.24) is 5.32 Å². The number of aliphatic carboxylic acids is 1. The zero-order chi connectivity index (χ0) is 27.2. The number of nitrogens with one attached hydrogen (secondary N) is 1.